The number of alkyl halides is 3. The van der Waals surface area contributed by atoms with Crippen LogP contribution in [-0.4, -0.2) is 35.1 Å². The van der Waals surface area contributed by atoms with E-state index >= 15 is 0 Å². The Labute approximate surface area is 175 Å². The van der Waals surface area contributed by atoms with Crippen LogP contribution >= 0.6 is 11.3 Å². The van der Waals surface area contributed by atoms with E-state index in [4.69, 9.17) is 4.74 Å². The maximum absolute atomic E-state index is 13.1. The van der Waals surface area contributed by atoms with Gasteiger partial charge in [-0.25, -0.2) is 4.98 Å². The third kappa shape index (κ3) is 4.52. The first-order valence-corrected chi connectivity index (χ1v) is 10.3. The van der Waals surface area contributed by atoms with Gasteiger partial charge in [0.25, 0.3) is 5.91 Å². The summed E-state index contributed by atoms with van der Waals surface area (Å²) in [4.78, 5) is 23.2. The van der Waals surface area contributed by atoms with E-state index in [1.165, 1.54) is 28.5 Å². The zero-order chi connectivity index (χ0) is 21.1. The van der Waals surface area contributed by atoms with E-state index in [9.17, 15) is 18.0 Å². The van der Waals surface area contributed by atoms with Gasteiger partial charge in [0, 0.05) is 23.7 Å². The highest BCUT2D eigenvalue weighted by molar-refractivity contribution is 7.14. The summed E-state index contributed by atoms with van der Waals surface area (Å²) in [7, 11) is 0. The zero-order valence-corrected chi connectivity index (χ0v) is 16.6. The SMILES string of the molecule is O=C(c1ccccn1)N(CC1CCCO1)c1nc(-c2cccc(C(F)(F)F)c2)cs1. The fraction of sp³-hybridized carbons (Fsp3) is 0.286. The van der Waals surface area contributed by atoms with Crippen LogP contribution in [0, 0.1) is 0 Å². The second-order valence-corrected chi connectivity index (χ2v) is 7.70. The Morgan fingerprint density at radius 1 is 1.23 bits per heavy atom. The third-order valence-corrected chi connectivity index (χ3v) is 5.61. The molecule has 1 aromatic carbocycles. The molecule has 1 saturated heterocycles. The molecular weight excluding hydrogens is 415 g/mol. The second kappa shape index (κ2) is 8.53. The summed E-state index contributed by atoms with van der Waals surface area (Å²) in [6.07, 6.45) is -1.26. The van der Waals surface area contributed by atoms with Crippen LogP contribution in [0.5, 0.6) is 0 Å². The predicted molar refractivity (Wildman–Crippen MR) is 107 cm³/mol. The first-order chi connectivity index (χ1) is 14.4. The van der Waals surface area contributed by atoms with E-state index in [0.29, 0.717) is 29.5 Å². The van der Waals surface area contributed by atoms with Gasteiger partial charge in [0.05, 0.1) is 23.9 Å². The van der Waals surface area contributed by atoms with Gasteiger partial charge < -0.3 is 4.74 Å². The molecule has 0 N–H and O–H groups in total. The molecule has 2 aromatic heterocycles. The van der Waals surface area contributed by atoms with Crippen molar-refractivity contribution in [3.63, 3.8) is 0 Å². The summed E-state index contributed by atoms with van der Waals surface area (Å²) in [5.74, 6) is -0.323. The lowest BCUT2D eigenvalue weighted by molar-refractivity contribution is -0.137. The van der Waals surface area contributed by atoms with E-state index in [-0.39, 0.29) is 17.7 Å². The Kier molecular flexibility index (Phi) is 5.83. The van der Waals surface area contributed by atoms with E-state index in [2.05, 4.69) is 9.97 Å². The molecule has 1 aliphatic rings. The number of rotatable bonds is 5. The molecule has 1 fully saturated rings. The van der Waals surface area contributed by atoms with E-state index in [1.54, 1.807) is 29.6 Å². The van der Waals surface area contributed by atoms with Gasteiger partial charge in [-0.05, 0) is 37.1 Å². The fourth-order valence-corrected chi connectivity index (χ4v) is 4.08. The zero-order valence-electron chi connectivity index (χ0n) is 15.8. The van der Waals surface area contributed by atoms with Crippen molar-refractivity contribution in [3.8, 4) is 11.3 Å². The van der Waals surface area contributed by atoms with Crippen molar-refractivity contribution in [2.75, 3.05) is 18.1 Å². The molecule has 0 bridgehead atoms. The number of carbonyl (C=O) groups is 1. The largest absolute Gasteiger partial charge is 0.416 e. The highest BCUT2D eigenvalue weighted by Crippen LogP contribution is 2.34. The minimum atomic E-state index is -4.43. The van der Waals surface area contributed by atoms with Crippen molar-refractivity contribution in [1.82, 2.24) is 9.97 Å². The number of nitrogens with zero attached hydrogens (tertiary/aromatic N) is 3. The molecule has 1 amide bonds. The molecule has 0 spiro atoms. The van der Waals surface area contributed by atoms with Crippen LogP contribution in [0.3, 0.4) is 0 Å². The van der Waals surface area contributed by atoms with Crippen LogP contribution in [0.2, 0.25) is 0 Å². The van der Waals surface area contributed by atoms with Crippen LogP contribution in [0.4, 0.5) is 18.3 Å². The summed E-state index contributed by atoms with van der Waals surface area (Å²) in [6.45, 7) is 0.953. The van der Waals surface area contributed by atoms with Gasteiger partial charge in [-0.1, -0.05) is 18.2 Å². The lowest BCUT2D eigenvalue weighted by Gasteiger charge is -2.22. The number of aromatic nitrogens is 2. The van der Waals surface area contributed by atoms with Crippen molar-refractivity contribution >= 4 is 22.4 Å². The minimum absolute atomic E-state index is 0.112. The van der Waals surface area contributed by atoms with Crippen molar-refractivity contribution in [3.05, 3.63) is 65.3 Å². The van der Waals surface area contributed by atoms with Crippen molar-refractivity contribution in [2.45, 2.75) is 25.1 Å². The molecule has 0 radical (unpaired) electrons. The van der Waals surface area contributed by atoms with Gasteiger partial charge in [0.15, 0.2) is 5.13 Å². The lowest BCUT2D eigenvalue weighted by Crippen LogP contribution is -2.37. The molecule has 3 heterocycles. The monoisotopic (exact) mass is 433 g/mol. The number of thiazole rings is 1. The normalized spacial score (nSPS) is 16.6. The molecule has 1 unspecified atom stereocenters. The number of anilines is 1. The van der Waals surface area contributed by atoms with E-state index in [1.807, 2.05) is 0 Å². The number of halogens is 3. The van der Waals surface area contributed by atoms with Gasteiger partial charge in [0.2, 0.25) is 0 Å². The van der Waals surface area contributed by atoms with E-state index < -0.39 is 11.7 Å². The lowest BCUT2D eigenvalue weighted by atomic mass is 10.1. The quantitative estimate of drug-likeness (QED) is 0.565. The molecule has 4 rings (SSSR count). The second-order valence-electron chi connectivity index (χ2n) is 6.86. The van der Waals surface area contributed by atoms with Crippen LogP contribution in [-0.2, 0) is 10.9 Å². The smallest absolute Gasteiger partial charge is 0.376 e. The van der Waals surface area contributed by atoms with Gasteiger partial charge in [0.1, 0.15) is 5.69 Å². The standard InChI is InChI=1S/C21H18F3N3O2S/c22-21(23,24)15-6-3-5-14(11-15)18-13-30-20(26-18)27(12-16-7-4-10-29-16)19(28)17-8-1-2-9-25-17/h1-3,5-6,8-9,11,13,16H,4,7,10,12H2. The topological polar surface area (TPSA) is 55.3 Å². The van der Waals surface area contributed by atoms with Crippen LogP contribution < -0.4 is 4.90 Å². The summed E-state index contributed by atoms with van der Waals surface area (Å²) in [6, 6.07) is 10.1. The number of ether oxygens (including phenoxy) is 1. The molecule has 5 nitrogen and oxygen atoms in total. The fourth-order valence-electron chi connectivity index (χ4n) is 3.24. The van der Waals surface area contributed by atoms with Gasteiger partial charge in [-0.3, -0.25) is 14.7 Å². The maximum atomic E-state index is 13.1. The molecule has 9 heteroatoms. The van der Waals surface area contributed by atoms with Crippen molar-refractivity contribution in [2.24, 2.45) is 0 Å². The molecule has 1 aliphatic heterocycles. The highest BCUT2D eigenvalue weighted by atomic mass is 32.1. The Hall–Kier alpha value is -2.78. The highest BCUT2D eigenvalue weighted by Gasteiger charge is 2.31. The Morgan fingerprint density at radius 3 is 2.80 bits per heavy atom. The number of hydrogen-bond acceptors (Lipinski definition) is 5. The number of amides is 1. The number of carbonyl (C=O) groups excluding carboxylic acids is 1. The molecular formula is C21H18F3N3O2S. The Bertz CT molecular complexity index is 1020. The summed E-state index contributed by atoms with van der Waals surface area (Å²) in [5.41, 5.74) is 0.253. The number of hydrogen-bond donors (Lipinski definition) is 0. The average molecular weight is 433 g/mol. The maximum Gasteiger partial charge on any atom is 0.416 e. The molecule has 0 saturated carbocycles. The predicted octanol–water partition coefficient (Wildman–Crippen LogP) is 5.05. The van der Waals surface area contributed by atoms with Crippen LogP contribution in [0.15, 0.2) is 54.0 Å². The summed E-state index contributed by atoms with van der Waals surface area (Å²) >= 11 is 1.20. The average Bonchev–Trinajstić information content (AvgIpc) is 3.44. The first kappa shape index (κ1) is 20.5. The summed E-state index contributed by atoms with van der Waals surface area (Å²) < 4.78 is 44.8. The van der Waals surface area contributed by atoms with Crippen LogP contribution in [0.25, 0.3) is 11.3 Å². The van der Waals surface area contributed by atoms with Gasteiger partial charge in [-0.15, -0.1) is 11.3 Å². The van der Waals surface area contributed by atoms with Crippen molar-refractivity contribution in [1.29, 1.82) is 0 Å². The molecule has 156 valence electrons. The van der Waals surface area contributed by atoms with Crippen molar-refractivity contribution < 1.29 is 22.7 Å². The Balaban J connectivity index is 1.65. The molecule has 0 aliphatic carbocycles. The number of pyridine rings is 1. The molecule has 1 atom stereocenters. The van der Waals surface area contributed by atoms with Gasteiger partial charge >= 0.3 is 6.18 Å². The van der Waals surface area contributed by atoms with Crippen LogP contribution in [0.1, 0.15) is 28.9 Å². The molecule has 30 heavy (non-hydrogen) atoms. The number of benzene rings is 1. The Morgan fingerprint density at radius 2 is 2.10 bits per heavy atom. The van der Waals surface area contributed by atoms with Gasteiger partial charge in [-0.2, -0.15) is 13.2 Å². The van der Waals surface area contributed by atoms with E-state index in [0.717, 1.165) is 25.0 Å². The minimum Gasteiger partial charge on any atom is -0.376 e. The first-order valence-electron chi connectivity index (χ1n) is 9.39. The summed E-state index contributed by atoms with van der Waals surface area (Å²) in [5, 5.41) is 2.05. The third-order valence-electron chi connectivity index (χ3n) is 4.75. The molecule has 3 aromatic rings.